The number of oxazole rings is 1. The third kappa shape index (κ3) is 2.17. The van der Waals surface area contributed by atoms with Crippen molar-refractivity contribution in [1.29, 1.82) is 0 Å². The molecular weight excluding hydrogens is 308 g/mol. The summed E-state index contributed by atoms with van der Waals surface area (Å²) in [6.07, 6.45) is 0. The van der Waals surface area contributed by atoms with Crippen LogP contribution in [0.2, 0.25) is 0 Å². The molecule has 3 aromatic carbocycles. The Morgan fingerprint density at radius 3 is 2.75 bits per heavy atom. The lowest BCUT2D eigenvalue weighted by Gasteiger charge is -2.05. The molecule has 3 N–H and O–H groups in total. The molecule has 6 nitrogen and oxygen atoms in total. The van der Waals surface area contributed by atoms with Crippen LogP contribution in [0, 0.1) is 0 Å². The van der Waals surface area contributed by atoms with Crippen molar-refractivity contribution in [3.8, 4) is 17.2 Å². The molecular formula is C18H12N2O4. The molecule has 0 bridgehead atoms. The highest BCUT2D eigenvalue weighted by molar-refractivity contribution is 5.99. The number of hydrogen-bond acceptors (Lipinski definition) is 5. The highest BCUT2D eigenvalue weighted by Crippen LogP contribution is 2.37. The van der Waals surface area contributed by atoms with Crippen LogP contribution < -0.4 is 5.48 Å². The summed E-state index contributed by atoms with van der Waals surface area (Å²) < 4.78 is 5.75. The average molecular weight is 320 g/mol. The number of carbonyl (C=O) groups is 1. The van der Waals surface area contributed by atoms with Crippen LogP contribution in [0.15, 0.2) is 59.0 Å². The number of phenols is 1. The van der Waals surface area contributed by atoms with Gasteiger partial charge < -0.3 is 9.52 Å². The fourth-order valence-electron chi connectivity index (χ4n) is 2.72. The van der Waals surface area contributed by atoms with E-state index in [1.165, 1.54) is 12.1 Å². The first-order valence-electron chi connectivity index (χ1n) is 7.23. The van der Waals surface area contributed by atoms with Gasteiger partial charge in [-0.15, -0.1) is 0 Å². The van der Waals surface area contributed by atoms with Crippen molar-refractivity contribution in [2.75, 3.05) is 0 Å². The zero-order valence-corrected chi connectivity index (χ0v) is 12.4. The SMILES string of the molecule is O=C(NO)c1ccc2oc(-c3c(O)ccc4ccccc34)nc2c1. The van der Waals surface area contributed by atoms with E-state index in [4.69, 9.17) is 9.62 Å². The molecule has 0 aliphatic heterocycles. The van der Waals surface area contributed by atoms with E-state index in [0.717, 1.165) is 10.8 Å². The van der Waals surface area contributed by atoms with E-state index in [1.807, 2.05) is 30.3 Å². The van der Waals surface area contributed by atoms with Crippen molar-refractivity contribution in [2.24, 2.45) is 0 Å². The molecule has 0 spiro atoms. The van der Waals surface area contributed by atoms with Gasteiger partial charge >= 0.3 is 0 Å². The normalized spacial score (nSPS) is 11.0. The van der Waals surface area contributed by atoms with Gasteiger partial charge in [-0.25, -0.2) is 10.5 Å². The molecule has 6 heteroatoms. The third-order valence-corrected chi connectivity index (χ3v) is 3.87. The highest BCUT2D eigenvalue weighted by atomic mass is 16.5. The maximum absolute atomic E-state index is 11.5. The lowest BCUT2D eigenvalue weighted by molar-refractivity contribution is 0.0706. The lowest BCUT2D eigenvalue weighted by Crippen LogP contribution is -2.18. The van der Waals surface area contributed by atoms with Crippen LogP contribution in [-0.4, -0.2) is 21.2 Å². The fourth-order valence-corrected chi connectivity index (χ4v) is 2.72. The number of fused-ring (bicyclic) bond motifs is 2. The van der Waals surface area contributed by atoms with Gasteiger partial charge in [0.15, 0.2) is 5.58 Å². The second-order valence-corrected chi connectivity index (χ2v) is 5.32. The number of aromatic hydroxyl groups is 1. The molecule has 0 radical (unpaired) electrons. The number of nitrogens with one attached hydrogen (secondary N) is 1. The van der Waals surface area contributed by atoms with E-state index >= 15 is 0 Å². The molecule has 1 amide bonds. The van der Waals surface area contributed by atoms with E-state index in [2.05, 4.69) is 4.98 Å². The largest absolute Gasteiger partial charge is 0.507 e. The molecule has 4 aromatic rings. The standard InChI is InChI=1S/C18H12N2O4/c21-14-7-5-10-3-1-2-4-12(10)16(14)18-19-13-9-11(17(22)20-23)6-8-15(13)24-18/h1-9,21,23H,(H,20,22). The predicted molar refractivity (Wildman–Crippen MR) is 87.9 cm³/mol. The zero-order valence-electron chi connectivity index (χ0n) is 12.4. The number of rotatable bonds is 2. The summed E-state index contributed by atoms with van der Waals surface area (Å²) in [6, 6.07) is 15.6. The van der Waals surface area contributed by atoms with Crippen molar-refractivity contribution in [1.82, 2.24) is 10.5 Å². The van der Waals surface area contributed by atoms with Gasteiger partial charge in [-0.05, 0) is 35.0 Å². The molecule has 0 aliphatic rings. The average Bonchev–Trinajstić information content (AvgIpc) is 3.03. The molecule has 118 valence electrons. The van der Waals surface area contributed by atoms with Gasteiger partial charge in [-0.2, -0.15) is 0 Å². The molecule has 1 heterocycles. The van der Waals surface area contributed by atoms with E-state index < -0.39 is 5.91 Å². The predicted octanol–water partition coefficient (Wildman–Crippen LogP) is 3.47. The van der Waals surface area contributed by atoms with Crippen LogP contribution >= 0.6 is 0 Å². The second kappa shape index (κ2) is 5.36. The van der Waals surface area contributed by atoms with Gasteiger partial charge in [0.2, 0.25) is 5.89 Å². The molecule has 0 unspecified atom stereocenters. The smallest absolute Gasteiger partial charge is 0.274 e. The van der Waals surface area contributed by atoms with Crippen molar-refractivity contribution >= 4 is 27.8 Å². The molecule has 0 saturated carbocycles. The van der Waals surface area contributed by atoms with Gasteiger partial charge in [0.25, 0.3) is 5.91 Å². The Balaban J connectivity index is 1.94. The molecule has 4 rings (SSSR count). The quantitative estimate of drug-likeness (QED) is 0.388. The third-order valence-electron chi connectivity index (χ3n) is 3.87. The van der Waals surface area contributed by atoms with Gasteiger partial charge in [0, 0.05) is 5.56 Å². The van der Waals surface area contributed by atoms with E-state index in [9.17, 15) is 9.90 Å². The summed E-state index contributed by atoms with van der Waals surface area (Å²) in [7, 11) is 0. The van der Waals surface area contributed by atoms with Crippen LogP contribution in [0.1, 0.15) is 10.4 Å². The monoisotopic (exact) mass is 320 g/mol. The van der Waals surface area contributed by atoms with Crippen molar-refractivity contribution in [2.45, 2.75) is 0 Å². The van der Waals surface area contributed by atoms with Gasteiger partial charge in [-0.1, -0.05) is 30.3 Å². The maximum atomic E-state index is 11.5. The van der Waals surface area contributed by atoms with Gasteiger partial charge in [0.1, 0.15) is 11.3 Å². The van der Waals surface area contributed by atoms with Crippen LogP contribution in [0.25, 0.3) is 33.3 Å². The Hall–Kier alpha value is -3.38. The number of hydrogen-bond donors (Lipinski definition) is 3. The Morgan fingerprint density at radius 1 is 1.08 bits per heavy atom. The minimum Gasteiger partial charge on any atom is -0.507 e. The fraction of sp³-hybridized carbons (Fsp3) is 0. The van der Waals surface area contributed by atoms with E-state index in [0.29, 0.717) is 16.7 Å². The van der Waals surface area contributed by atoms with Crippen LogP contribution in [0.3, 0.4) is 0 Å². The first-order chi connectivity index (χ1) is 11.7. The number of phenolic OH excluding ortho intramolecular Hbond substituents is 1. The van der Waals surface area contributed by atoms with Gasteiger partial charge in [-0.3, -0.25) is 10.0 Å². The summed E-state index contributed by atoms with van der Waals surface area (Å²) in [5.41, 5.74) is 3.27. The van der Waals surface area contributed by atoms with Crippen molar-refractivity contribution < 1.29 is 19.5 Å². The summed E-state index contributed by atoms with van der Waals surface area (Å²) in [5, 5.41) is 20.8. The topological polar surface area (TPSA) is 95.6 Å². The number of carbonyl (C=O) groups excluding carboxylic acids is 1. The van der Waals surface area contributed by atoms with Crippen molar-refractivity contribution in [3.05, 3.63) is 60.2 Å². The Kier molecular flexibility index (Phi) is 3.18. The van der Waals surface area contributed by atoms with Crippen molar-refractivity contribution in [3.63, 3.8) is 0 Å². The van der Waals surface area contributed by atoms with Crippen LogP contribution in [0.5, 0.6) is 5.75 Å². The first-order valence-corrected chi connectivity index (χ1v) is 7.23. The van der Waals surface area contributed by atoms with Crippen LogP contribution in [-0.2, 0) is 0 Å². The molecule has 0 fully saturated rings. The van der Waals surface area contributed by atoms with E-state index in [1.54, 1.807) is 17.6 Å². The number of nitrogens with zero attached hydrogens (tertiary/aromatic N) is 1. The minimum atomic E-state index is -0.630. The number of hydroxylamine groups is 1. The Morgan fingerprint density at radius 2 is 1.92 bits per heavy atom. The zero-order chi connectivity index (χ0) is 16.7. The number of benzene rings is 3. The molecule has 0 saturated heterocycles. The maximum Gasteiger partial charge on any atom is 0.274 e. The minimum absolute atomic E-state index is 0.0635. The first kappa shape index (κ1) is 14.2. The molecule has 0 aliphatic carbocycles. The Labute approximate surface area is 135 Å². The van der Waals surface area contributed by atoms with Crippen LogP contribution in [0.4, 0.5) is 0 Å². The second-order valence-electron chi connectivity index (χ2n) is 5.32. The lowest BCUT2D eigenvalue weighted by atomic mass is 10.0. The summed E-state index contributed by atoms with van der Waals surface area (Å²) in [5.74, 6) is -0.302. The highest BCUT2D eigenvalue weighted by Gasteiger charge is 2.16. The summed E-state index contributed by atoms with van der Waals surface area (Å²) in [6.45, 7) is 0. The number of aromatic nitrogens is 1. The summed E-state index contributed by atoms with van der Waals surface area (Å²) >= 11 is 0. The summed E-state index contributed by atoms with van der Waals surface area (Å²) in [4.78, 5) is 15.9. The molecule has 1 aromatic heterocycles. The van der Waals surface area contributed by atoms with Gasteiger partial charge in [0.05, 0.1) is 5.56 Å². The Bertz CT molecular complexity index is 1080. The molecule has 0 atom stereocenters. The molecule has 24 heavy (non-hydrogen) atoms. The van der Waals surface area contributed by atoms with E-state index in [-0.39, 0.29) is 17.2 Å². The number of amides is 1.